The van der Waals surface area contributed by atoms with E-state index in [4.69, 9.17) is 9.84 Å². The summed E-state index contributed by atoms with van der Waals surface area (Å²) in [5.74, 6) is 4.31. The van der Waals surface area contributed by atoms with Crippen LogP contribution in [-0.2, 0) is 9.53 Å². The molecule has 0 aromatic carbocycles. The van der Waals surface area contributed by atoms with Gasteiger partial charge in [-0.05, 0) is 26.2 Å². The van der Waals surface area contributed by atoms with Crippen molar-refractivity contribution in [3.63, 3.8) is 0 Å². The van der Waals surface area contributed by atoms with Gasteiger partial charge in [0.15, 0.2) is 5.67 Å². The number of ether oxygens (including phenoxy) is 1. The van der Waals surface area contributed by atoms with Gasteiger partial charge in [0.25, 0.3) is 0 Å². The van der Waals surface area contributed by atoms with Crippen LogP contribution in [0.5, 0.6) is 0 Å². The zero-order valence-electron chi connectivity index (χ0n) is 8.75. The van der Waals surface area contributed by atoms with Crippen molar-refractivity contribution in [2.24, 2.45) is 0 Å². The van der Waals surface area contributed by atoms with Crippen LogP contribution < -0.4 is 0 Å². The van der Waals surface area contributed by atoms with Crippen molar-refractivity contribution in [2.75, 3.05) is 6.61 Å². The lowest BCUT2D eigenvalue weighted by Crippen LogP contribution is -2.24. The molecule has 0 saturated heterocycles. The molecule has 0 aromatic heterocycles. The number of carboxylic acids is 1. The third kappa shape index (κ3) is 4.80. The molecule has 1 N–H and O–H groups in total. The molecule has 0 aliphatic heterocycles. The van der Waals surface area contributed by atoms with Gasteiger partial charge in [0, 0.05) is 6.42 Å². The lowest BCUT2D eigenvalue weighted by molar-refractivity contribution is -0.144. The Bertz CT molecular complexity index is 288. The third-order valence-corrected chi connectivity index (χ3v) is 2.32. The summed E-state index contributed by atoms with van der Waals surface area (Å²) in [6.45, 7) is 1.13. The van der Waals surface area contributed by atoms with Gasteiger partial charge in [0.1, 0.15) is 6.61 Å². The van der Waals surface area contributed by atoms with Gasteiger partial charge in [-0.3, -0.25) is 0 Å². The first-order valence-corrected chi connectivity index (χ1v) is 5.02. The number of aliphatic carboxylic acids is 1. The molecule has 1 rings (SSSR count). The minimum Gasteiger partial charge on any atom is -0.480 e. The minimum atomic E-state index is -1.47. The summed E-state index contributed by atoms with van der Waals surface area (Å²) < 4.78 is 18.7. The average molecular weight is 214 g/mol. The van der Waals surface area contributed by atoms with Crippen LogP contribution in [0, 0.1) is 11.8 Å². The number of carbonyl (C=O) groups is 1. The first kappa shape index (κ1) is 12.0. The van der Waals surface area contributed by atoms with Gasteiger partial charge in [-0.1, -0.05) is 11.8 Å². The monoisotopic (exact) mass is 214 g/mol. The van der Waals surface area contributed by atoms with Crippen LogP contribution in [0.3, 0.4) is 0 Å². The van der Waals surface area contributed by atoms with Crippen molar-refractivity contribution in [1.82, 2.24) is 0 Å². The number of carboxylic acid groups (broad SMARTS) is 1. The summed E-state index contributed by atoms with van der Waals surface area (Å²) in [5, 5.41) is 8.45. The number of alkyl halides is 1. The molecule has 1 aliphatic rings. The van der Waals surface area contributed by atoms with Crippen LogP contribution >= 0.6 is 0 Å². The van der Waals surface area contributed by atoms with Crippen LogP contribution in [0.4, 0.5) is 4.39 Å². The molecule has 1 aliphatic carbocycles. The van der Waals surface area contributed by atoms with E-state index in [1.54, 1.807) is 0 Å². The maximum Gasteiger partial charge on any atom is 0.329 e. The van der Waals surface area contributed by atoms with E-state index in [1.807, 2.05) is 0 Å². The Morgan fingerprint density at radius 2 is 2.40 bits per heavy atom. The number of hydrogen-bond acceptors (Lipinski definition) is 2. The number of hydrogen-bond donors (Lipinski definition) is 1. The second-order valence-corrected chi connectivity index (χ2v) is 3.90. The summed E-state index contributed by atoms with van der Waals surface area (Å²) in [7, 11) is 0. The fourth-order valence-electron chi connectivity index (χ4n) is 1.47. The van der Waals surface area contributed by atoms with Gasteiger partial charge in [-0.25, -0.2) is 9.18 Å². The highest BCUT2D eigenvalue weighted by Gasteiger charge is 2.24. The smallest absolute Gasteiger partial charge is 0.329 e. The SMILES string of the molecule is CC1(F)C#CCCC(OCC(=O)O)CC1. The molecule has 0 radical (unpaired) electrons. The van der Waals surface area contributed by atoms with Crippen LogP contribution in [0.1, 0.15) is 32.6 Å². The molecule has 0 amide bonds. The lowest BCUT2D eigenvalue weighted by atomic mass is 9.96. The highest BCUT2D eigenvalue weighted by molar-refractivity contribution is 5.68. The molecule has 15 heavy (non-hydrogen) atoms. The predicted octanol–water partition coefficient (Wildman–Crippen LogP) is 1.76. The normalized spacial score (nSPS) is 30.9. The second-order valence-electron chi connectivity index (χ2n) is 3.90. The molecule has 2 atom stereocenters. The van der Waals surface area contributed by atoms with E-state index in [0.29, 0.717) is 25.7 Å². The fourth-order valence-corrected chi connectivity index (χ4v) is 1.47. The molecular formula is C11H15FO3. The molecular weight excluding hydrogens is 199 g/mol. The van der Waals surface area contributed by atoms with Crippen molar-refractivity contribution in [3.8, 4) is 11.8 Å². The van der Waals surface area contributed by atoms with Gasteiger partial charge in [-0.2, -0.15) is 0 Å². The van der Waals surface area contributed by atoms with E-state index >= 15 is 0 Å². The highest BCUT2D eigenvalue weighted by Crippen LogP contribution is 2.22. The van der Waals surface area contributed by atoms with Crippen LogP contribution in [0.25, 0.3) is 0 Å². The average Bonchev–Trinajstić information content (AvgIpc) is 2.12. The first-order chi connectivity index (χ1) is 6.99. The van der Waals surface area contributed by atoms with Crippen molar-refractivity contribution in [2.45, 2.75) is 44.4 Å². The molecule has 0 fully saturated rings. The standard InChI is InChI=1S/C11H15FO3/c1-11(12)6-3-2-4-9(5-7-11)15-8-10(13)14/h9H,2,4-5,7-8H2,1H3,(H,13,14). The lowest BCUT2D eigenvalue weighted by Gasteiger charge is -2.21. The van der Waals surface area contributed by atoms with E-state index in [1.165, 1.54) is 6.92 Å². The Hall–Kier alpha value is -1.08. The molecule has 3 nitrogen and oxygen atoms in total. The summed E-state index contributed by atoms with van der Waals surface area (Å²) in [6, 6.07) is 0. The van der Waals surface area contributed by atoms with Gasteiger partial charge in [0.05, 0.1) is 6.10 Å². The van der Waals surface area contributed by atoms with E-state index in [-0.39, 0.29) is 12.7 Å². The summed E-state index contributed by atoms with van der Waals surface area (Å²) in [6.07, 6.45) is 1.87. The van der Waals surface area contributed by atoms with Crippen LogP contribution in [0.15, 0.2) is 0 Å². The minimum absolute atomic E-state index is 0.189. The topological polar surface area (TPSA) is 46.5 Å². The van der Waals surface area contributed by atoms with E-state index in [2.05, 4.69) is 11.8 Å². The van der Waals surface area contributed by atoms with Gasteiger partial charge in [0.2, 0.25) is 0 Å². The molecule has 0 aromatic rings. The predicted molar refractivity (Wildman–Crippen MR) is 53.1 cm³/mol. The largest absolute Gasteiger partial charge is 0.480 e. The number of rotatable bonds is 3. The van der Waals surface area contributed by atoms with Crippen LogP contribution in [-0.4, -0.2) is 29.5 Å². The molecule has 0 spiro atoms. The summed E-state index contributed by atoms with van der Waals surface area (Å²) in [5.41, 5.74) is -1.47. The molecule has 0 heterocycles. The Morgan fingerprint density at radius 3 is 3.07 bits per heavy atom. The quantitative estimate of drug-likeness (QED) is 0.728. The van der Waals surface area contributed by atoms with E-state index in [9.17, 15) is 9.18 Å². The summed E-state index contributed by atoms with van der Waals surface area (Å²) >= 11 is 0. The van der Waals surface area contributed by atoms with Crippen molar-refractivity contribution < 1.29 is 19.0 Å². The molecule has 0 bridgehead atoms. The zero-order valence-corrected chi connectivity index (χ0v) is 8.75. The Balaban J connectivity index is 2.44. The van der Waals surface area contributed by atoms with Crippen molar-refractivity contribution in [1.29, 1.82) is 0 Å². The molecule has 0 saturated carbocycles. The number of halogens is 1. The maximum atomic E-state index is 13.5. The highest BCUT2D eigenvalue weighted by atomic mass is 19.1. The maximum absolute atomic E-state index is 13.5. The van der Waals surface area contributed by atoms with E-state index in [0.717, 1.165) is 0 Å². The van der Waals surface area contributed by atoms with Gasteiger partial charge >= 0.3 is 5.97 Å². The molecule has 84 valence electrons. The first-order valence-electron chi connectivity index (χ1n) is 5.02. The molecule has 2 unspecified atom stereocenters. The Labute approximate surface area is 88.6 Å². The zero-order chi connectivity index (χ0) is 11.3. The Kier molecular flexibility index (Phi) is 4.10. The summed E-state index contributed by atoms with van der Waals surface area (Å²) in [4.78, 5) is 10.3. The Morgan fingerprint density at radius 1 is 1.67 bits per heavy atom. The molecule has 4 heteroatoms. The van der Waals surface area contributed by atoms with E-state index < -0.39 is 11.6 Å². The van der Waals surface area contributed by atoms with Crippen LogP contribution in [0.2, 0.25) is 0 Å². The second kappa shape index (κ2) is 5.13. The van der Waals surface area contributed by atoms with Gasteiger partial charge < -0.3 is 9.84 Å². The third-order valence-electron chi connectivity index (χ3n) is 2.32. The fraction of sp³-hybridized carbons (Fsp3) is 0.727. The van der Waals surface area contributed by atoms with Crippen molar-refractivity contribution >= 4 is 5.97 Å². The van der Waals surface area contributed by atoms with Crippen molar-refractivity contribution in [3.05, 3.63) is 0 Å². The van der Waals surface area contributed by atoms with Gasteiger partial charge in [-0.15, -0.1) is 0 Å².